The lowest BCUT2D eigenvalue weighted by molar-refractivity contribution is -0.134. The van der Waals surface area contributed by atoms with Gasteiger partial charge in [-0.1, -0.05) is 6.07 Å². The van der Waals surface area contributed by atoms with Crippen LogP contribution in [0.2, 0.25) is 0 Å². The van der Waals surface area contributed by atoms with E-state index < -0.39 is 11.4 Å². The van der Waals surface area contributed by atoms with Gasteiger partial charge in [0.25, 0.3) is 5.91 Å². The van der Waals surface area contributed by atoms with E-state index in [1.54, 1.807) is 21.9 Å². The van der Waals surface area contributed by atoms with Gasteiger partial charge in [-0.3, -0.25) is 9.59 Å². The van der Waals surface area contributed by atoms with Gasteiger partial charge in [0, 0.05) is 32.1 Å². The number of carbonyl (C=O) groups is 2. The number of hydrogen-bond acceptors (Lipinski definition) is 3. The molecule has 2 heterocycles. The first-order valence-corrected chi connectivity index (χ1v) is 8.73. The highest BCUT2D eigenvalue weighted by atomic mass is 19.1. The van der Waals surface area contributed by atoms with Gasteiger partial charge < -0.3 is 14.9 Å². The van der Waals surface area contributed by atoms with E-state index in [0.29, 0.717) is 25.2 Å². The maximum atomic E-state index is 13.3. The monoisotopic (exact) mass is 348 g/mol. The molecule has 0 saturated carbocycles. The normalized spacial score (nSPS) is 25.4. The van der Waals surface area contributed by atoms with Crippen molar-refractivity contribution < 1.29 is 19.1 Å². The van der Waals surface area contributed by atoms with E-state index in [1.807, 2.05) is 6.92 Å². The van der Waals surface area contributed by atoms with Gasteiger partial charge in [-0.2, -0.15) is 0 Å². The highest BCUT2D eigenvalue weighted by molar-refractivity contribution is 5.94. The average molecular weight is 348 g/mol. The minimum absolute atomic E-state index is 0.0216. The molecule has 0 aromatic heterocycles. The van der Waals surface area contributed by atoms with Crippen LogP contribution in [0.25, 0.3) is 0 Å². The van der Waals surface area contributed by atoms with E-state index in [0.717, 1.165) is 19.3 Å². The molecule has 1 aromatic rings. The fourth-order valence-corrected chi connectivity index (χ4v) is 4.44. The van der Waals surface area contributed by atoms with Gasteiger partial charge in [0.2, 0.25) is 5.91 Å². The summed E-state index contributed by atoms with van der Waals surface area (Å²) in [6.45, 7) is 5.20. The number of aliphatic hydroxyl groups excluding tert-OH is 1. The summed E-state index contributed by atoms with van der Waals surface area (Å²) >= 11 is 0. The molecule has 1 aromatic carbocycles. The summed E-state index contributed by atoms with van der Waals surface area (Å²) in [6.07, 6.45) is 2.32. The Kier molecular flexibility index (Phi) is 4.58. The minimum atomic E-state index is -0.527. The minimum Gasteiger partial charge on any atom is -0.394 e. The van der Waals surface area contributed by atoms with Crippen LogP contribution in [0, 0.1) is 11.2 Å². The predicted octanol–water partition coefficient (Wildman–Crippen LogP) is 2.05. The van der Waals surface area contributed by atoms with Gasteiger partial charge in [0.05, 0.1) is 12.1 Å². The maximum absolute atomic E-state index is 13.3. The Labute approximate surface area is 147 Å². The Morgan fingerprint density at radius 2 is 1.96 bits per heavy atom. The van der Waals surface area contributed by atoms with Crippen LogP contribution in [0.4, 0.5) is 4.39 Å². The molecule has 2 amide bonds. The Morgan fingerprint density at radius 1 is 1.28 bits per heavy atom. The molecule has 3 rings (SSSR count). The standard InChI is InChI=1S/C19H25FN2O3/c1-14(24)22-12-19(11-18(22,2)13-23)6-8-21(9-7-19)17(25)15-4-3-5-16(20)10-15/h3-5,10,23H,6-9,11-13H2,1-2H3/t18-/m0/s1. The van der Waals surface area contributed by atoms with Gasteiger partial charge in [-0.25, -0.2) is 4.39 Å². The fraction of sp³-hybridized carbons (Fsp3) is 0.579. The summed E-state index contributed by atoms with van der Waals surface area (Å²) in [5, 5.41) is 9.78. The second-order valence-electron chi connectivity index (χ2n) is 7.74. The van der Waals surface area contributed by atoms with Crippen LogP contribution in [0.15, 0.2) is 24.3 Å². The largest absolute Gasteiger partial charge is 0.394 e. The molecule has 2 saturated heterocycles. The topological polar surface area (TPSA) is 60.9 Å². The third kappa shape index (κ3) is 3.27. The number of hydrogen-bond donors (Lipinski definition) is 1. The van der Waals surface area contributed by atoms with Crippen molar-refractivity contribution in [3.63, 3.8) is 0 Å². The second kappa shape index (κ2) is 6.41. The summed E-state index contributed by atoms with van der Waals surface area (Å²) in [5.41, 5.74) is -0.212. The van der Waals surface area contributed by atoms with Crippen molar-refractivity contribution in [2.45, 2.75) is 38.6 Å². The number of nitrogens with zero attached hydrogens (tertiary/aromatic N) is 2. The number of halogens is 1. The van der Waals surface area contributed by atoms with Crippen LogP contribution < -0.4 is 0 Å². The first-order chi connectivity index (χ1) is 11.8. The number of amides is 2. The molecule has 0 radical (unpaired) electrons. The van der Waals surface area contributed by atoms with Crippen molar-refractivity contribution in [2.24, 2.45) is 5.41 Å². The first-order valence-electron chi connectivity index (χ1n) is 8.73. The summed E-state index contributed by atoms with van der Waals surface area (Å²) < 4.78 is 13.3. The zero-order valence-electron chi connectivity index (χ0n) is 14.8. The summed E-state index contributed by atoms with van der Waals surface area (Å²) in [4.78, 5) is 28.0. The Balaban J connectivity index is 1.70. The van der Waals surface area contributed by atoms with Crippen molar-refractivity contribution in [2.75, 3.05) is 26.2 Å². The SMILES string of the molecule is CC(=O)N1CC2(CCN(C(=O)c3cccc(F)c3)CC2)C[C@@]1(C)CO. The molecular weight excluding hydrogens is 323 g/mol. The van der Waals surface area contributed by atoms with Crippen molar-refractivity contribution in [1.82, 2.24) is 9.80 Å². The van der Waals surface area contributed by atoms with Gasteiger partial charge >= 0.3 is 0 Å². The van der Waals surface area contributed by atoms with Gasteiger partial charge in [-0.15, -0.1) is 0 Å². The summed E-state index contributed by atoms with van der Waals surface area (Å²) in [7, 11) is 0. The molecule has 1 spiro atoms. The molecule has 0 aliphatic carbocycles. The van der Waals surface area contributed by atoms with Gasteiger partial charge in [0.15, 0.2) is 0 Å². The predicted molar refractivity (Wildman–Crippen MR) is 91.5 cm³/mol. The number of rotatable bonds is 2. The molecular formula is C19H25FN2O3. The van der Waals surface area contributed by atoms with Crippen LogP contribution in [0.5, 0.6) is 0 Å². The Bertz CT molecular complexity index is 685. The molecule has 2 fully saturated rings. The maximum Gasteiger partial charge on any atom is 0.253 e. The number of benzene rings is 1. The van der Waals surface area contributed by atoms with Crippen LogP contribution >= 0.6 is 0 Å². The molecule has 1 N–H and O–H groups in total. The molecule has 6 heteroatoms. The molecule has 0 unspecified atom stereocenters. The van der Waals surface area contributed by atoms with E-state index >= 15 is 0 Å². The number of piperidine rings is 1. The first kappa shape index (κ1) is 17.9. The lowest BCUT2D eigenvalue weighted by Crippen LogP contribution is -2.46. The third-order valence-electron chi connectivity index (χ3n) is 5.80. The van der Waals surface area contributed by atoms with E-state index in [1.165, 1.54) is 19.1 Å². The lowest BCUT2D eigenvalue weighted by atomic mass is 9.74. The zero-order valence-corrected chi connectivity index (χ0v) is 14.8. The van der Waals surface area contributed by atoms with E-state index in [9.17, 15) is 19.1 Å². The molecule has 1 atom stereocenters. The molecule has 136 valence electrons. The quantitative estimate of drug-likeness (QED) is 0.890. The van der Waals surface area contributed by atoms with Crippen molar-refractivity contribution in [3.8, 4) is 0 Å². The fourth-order valence-electron chi connectivity index (χ4n) is 4.44. The Hall–Kier alpha value is -1.95. The number of carbonyl (C=O) groups excluding carboxylic acids is 2. The molecule has 0 bridgehead atoms. The second-order valence-corrected chi connectivity index (χ2v) is 7.74. The van der Waals surface area contributed by atoms with Crippen LogP contribution in [-0.4, -0.2) is 58.5 Å². The smallest absolute Gasteiger partial charge is 0.253 e. The lowest BCUT2D eigenvalue weighted by Gasteiger charge is -2.39. The highest BCUT2D eigenvalue weighted by Gasteiger charge is 2.52. The van der Waals surface area contributed by atoms with Gasteiger partial charge in [-0.05, 0) is 49.8 Å². The number of likely N-dealkylation sites (tertiary alicyclic amines) is 2. The van der Waals surface area contributed by atoms with Crippen LogP contribution in [-0.2, 0) is 4.79 Å². The highest BCUT2D eigenvalue weighted by Crippen LogP contribution is 2.48. The summed E-state index contributed by atoms with van der Waals surface area (Å²) in [5.74, 6) is -0.585. The average Bonchev–Trinajstić information content (AvgIpc) is 2.88. The van der Waals surface area contributed by atoms with Crippen molar-refractivity contribution in [1.29, 1.82) is 0 Å². The van der Waals surface area contributed by atoms with Crippen molar-refractivity contribution >= 4 is 11.8 Å². The van der Waals surface area contributed by atoms with Crippen molar-refractivity contribution in [3.05, 3.63) is 35.6 Å². The van der Waals surface area contributed by atoms with E-state index in [-0.39, 0.29) is 23.8 Å². The van der Waals surface area contributed by atoms with E-state index in [2.05, 4.69) is 0 Å². The third-order valence-corrected chi connectivity index (χ3v) is 5.80. The van der Waals surface area contributed by atoms with Crippen LogP contribution in [0.1, 0.15) is 43.5 Å². The molecule has 2 aliphatic heterocycles. The zero-order chi connectivity index (χ0) is 18.2. The molecule has 5 nitrogen and oxygen atoms in total. The molecule has 25 heavy (non-hydrogen) atoms. The van der Waals surface area contributed by atoms with E-state index in [4.69, 9.17) is 0 Å². The summed E-state index contributed by atoms with van der Waals surface area (Å²) in [6, 6.07) is 5.77. The number of aliphatic hydroxyl groups is 1. The van der Waals surface area contributed by atoms with Gasteiger partial charge in [0.1, 0.15) is 5.82 Å². The Morgan fingerprint density at radius 3 is 2.48 bits per heavy atom. The molecule has 2 aliphatic rings. The van der Waals surface area contributed by atoms with Crippen LogP contribution in [0.3, 0.4) is 0 Å².